The predicted molar refractivity (Wildman–Crippen MR) is 51.1 cm³/mol. The van der Waals surface area contributed by atoms with Crippen LogP contribution in [0.2, 0.25) is 6.04 Å². The van der Waals surface area contributed by atoms with E-state index in [1.807, 2.05) is 13.8 Å². The molecule has 0 radical (unpaired) electrons. The van der Waals surface area contributed by atoms with E-state index in [0.717, 1.165) is 25.1 Å². The van der Waals surface area contributed by atoms with Crippen molar-refractivity contribution < 1.29 is 9.47 Å². The lowest BCUT2D eigenvalue weighted by atomic mass is 10.8. The molecule has 0 rings (SSSR count). The summed E-state index contributed by atoms with van der Waals surface area (Å²) in [6.07, 6.45) is 0. The number of hydrogen-bond acceptors (Lipinski definition) is 2. The Bertz CT molecular complexity index is 76.8. The lowest BCUT2D eigenvalue weighted by molar-refractivity contribution is -0.0826. The molecular formula is C7H17ClO2Si. The van der Waals surface area contributed by atoms with E-state index in [0.29, 0.717) is 0 Å². The van der Waals surface area contributed by atoms with Gasteiger partial charge in [-0.15, -0.1) is 11.6 Å². The molecule has 11 heavy (non-hydrogen) atoms. The molecule has 2 nitrogen and oxygen atoms in total. The minimum absolute atomic E-state index is 0.0868. The zero-order valence-electron chi connectivity index (χ0n) is 7.31. The Balaban J connectivity index is 3.34. The van der Waals surface area contributed by atoms with Gasteiger partial charge in [-0.25, -0.2) is 0 Å². The monoisotopic (exact) mass is 196 g/mol. The number of halogens is 1. The van der Waals surface area contributed by atoms with E-state index >= 15 is 0 Å². The molecule has 0 atom stereocenters. The molecular weight excluding hydrogens is 180 g/mol. The Morgan fingerprint density at radius 3 is 2.18 bits per heavy atom. The molecule has 0 bridgehead atoms. The van der Waals surface area contributed by atoms with Crippen molar-refractivity contribution in [1.29, 1.82) is 0 Å². The zero-order chi connectivity index (χ0) is 8.53. The van der Waals surface area contributed by atoms with Crippen LogP contribution in [0, 0.1) is 0 Å². The smallest absolute Gasteiger partial charge is 0.134 e. The maximum absolute atomic E-state index is 5.57. The van der Waals surface area contributed by atoms with E-state index in [9.17, 15) is 0 Å². The first kappa shape index (κ1) is 11.4. The second-order valence-electron chi connectivity index (χ2n) is 2.17. The summed E-state index contributed by atoms with van der Waals surface area (Å²) in [5.41, 5.74) is 0. The summed E-state index contributed by atoms with van der Waals surface area (Å²) in [6, 6.07) is 1.09. The number of hydrogen-bond donors (Lipinski definition) is 0. The van der Waals surface area contributed by atoms with Gasteiger partial charge in [0.1, 0.15) is 5.91 Å². The van der Waals surface area contributed by atoms with Gasteiger partial charge in [-0.05, 0) is 19.9 Å². The average molecular weight is 197 g/mol. The van der Waals surface area contributed by atoms with Crippen LogP contribution < -0.4 is 0 Å². The maximum atomic E-state index is 5.57. The van der Waals surface area contributed by atoms with Crippen LogP contribution in [0.3, 0.4) is 0 Å². The van der Waals surface area contributed by atoms with E-state index in [1.54, 1.807) is 0 Å². The molecule has 0 aliphatic heterocycles. The van der Waals surface area contributed by atoms with Crippen LogP contribution in [0.4, 0.5) is 0 Å². The van der Waals surface area contributed by atoms with Gasteiger partial charge >= 0.3 is 0 Å². The van der Waals surface area contributed by atoms with Crippen molar-refractivity contribution in [1.82, 2.24) is 0 Å². The Morgan fingerprint density at radius 2 is 1.82 bits per heavy atom. The van der Waals surface area contributed by atoms with Crippen LogP contribution in [-0.4, -0.2) is 34.5 Å². The summed E-state index contributed by atoms with van der Waals surface area (Å²) < 4.78 is 10.7. The molecule has 0 spiro atoms. The lowest BCUT2D eigenvalue weighted by Gasteiger charge is -2.15. The van der Waals surface area contributed by atoms with Crippen molar-refractivity contribution >= 4 is 21.1 Å². The first-order chi connectivity index (χ1) is 5.35. The van der Waals surface area contributed by atoms with Gasteiger partial charge in [0.2, 0.25) is 0 Å². The molecule has 4 heteroatoms. The van der Waals surface area contributed by atoms with E-state index in [4.69, 9.17) is 21.1 Å². The summed E-state index contributed by atoms with van der Waals surface area (Å²) >= 11 is 5.57. The largest absolute Gasteiger partial charge is 0.357 e. The second-order valence-corrected chi connectivity index (χ2v) is 4.50. The normalized spacial score (nSPS) is 12.0. The highest BCUT2D eigenvalue weighted by molar-refractivity contribution is 6.38. The number of alkyl halides is 1. The van der Waals surface area contributed by atoms with Crippen molar-refractivity contribution in [3.8, 4) is 0 Å². The van der Waals surface area contributed by atoms with E-state index in [-0.39, 0.29) is 15.4 Å². The first-order valence-corrected chi connectivity index (χ1v) is 6.49. The quantitative estimate of drug-likeness (QED) is 0.346. The lowest BCUT2D eigenvalue weighted by Crippen LogP contribution is -2.24. The van der Waals surface area contributed by atoms with Crippen LogP contribution >= 0.6 is 11.6 Å². The van der Waals surface area contributed by atoms with Gasteiger partial charge in [0.05, 0.1) is 9.52 Å². The first-order valence-electron chi connectivity index (χ1n) is 4.14. The summed E-state index contributed by atoms with van der Waals surface area (Å²) in [5, 5.41) is 0. The molecule has 0 unspecified atom stereocenters. The predicted octanol–water partition coefficient (Wildman–Crippen LogP) is 1.17. The van der Waals surface area contributed by atoms with E-state index in [1.165, 1.54) is 0 Å². The molecule has 0 saturated heterocycles. The van der Waals surface area contributed by atoms with Gasteiger partial charge in [0.15, 0.2) is 0 Å². The fourth-order valence-electron chi connectivity index (χ4n) is 0.830. The highest BCUT2D eigenvalue weighted by atomic mass is 35.5. The minimum Gasteiger partial charge on any atom is -0.357 e. The maximum Gasteiger partial charge on any atom is 0.134 e. The van der Waals surface area contributed by atoms with Crippen molar-refractivity contribution in [2.45, 2.75) is 25.8 Å². The van der Waals surface area contributed by atoms with Gasteiger partial charge < -0.3 is 9.47 Å². The second kappa shape index (κ2) is 8.52. The highest BCUT2D eigenvalue weighted by Crippen LogP contribution is 1.96. The molecule has 0 N–H and O–H groups in total. The van der Waals surface area contributed by atoms with E-state index < -0.39 is 0 Å². The fraction of sp³-hybridized carbons (Fsp3) is 1.00. The summed E-state index contributed by atoms with van der Waals surface area (Å²) in [5.74, 6) is 0.826. The zero-order valence-corrected chi connectivity index (χ0v) is 9.48. The molecule has 0 aromatic heterocycles. The van der Waals surface area contributed by atoms with Crippen LogP contribution in [0.25, 0.3) is 0 Å². The molecule has 0 aromatic carbocycles. The Morgan fingerprint density at radius 1 is 1.27 bits per heavy atom. The summed E-state index contributed by atoms with van der Waals surface area (Å²) in [4.78, 5) is 0. The number of rotatable bonds is 7. The van der Waals surface area contributed by atoms with E-state index in [2.05, 4.69) is 0 Å². The Labute approximate surface area is 76.0 Å². The SMILES string of the molecule is CCOC(OCC)[SiH2]CCCl. The van der Waals surface area contributed by atoms with Crippen LogP contribution in [0.15, 0.2) is 0 Å². The third-order valence-electron chi connectivity index (χ3n) is 1.28. The molecule has 0 aliphatic carbocycles. The van der Waals surface area contributed by atoms with Gasteiger partial charge in [-0.1, -0.05) is 0 Å². The number of ether oxygens (including phenoxy) is 2. The Kier molecular flexibility index (Phi) is 8.85. The van der Waals surface area contributed by atoms with Crippen LogP contribution in [-0.2, 0) is 9.47 Å². The van der Waals surface area contributed by atoms with Crippen LogP contribution in [0.1, 0.15) is 13.8 Å². The van der Waals surface area contributed by atoms with Crippen LogP contribution in [0.5, 0.6) is 0 Å². The molecule has 68 valence electrons. The minimum atomic E-state index is -0.273. The molecule has 0 heterocycles. The van der Waals surface area contributed by atoms with Gasteiger partial charge in [-0.2, -0.15) is 0 Å². The molecule has 0 saturated carbocycles. The summed E-state index contributed by atoms with van der Waals surface area (Å²) in [7, 11) is -0.273. The van der Waals surface area contributed by atoms with Crippen molar-refractivity contribution in [3.05, 3.63) is 0 Å². The van der Waals surface area contributed by atoms with Crippen molar-refractivity contribution in [2.24, 2.45) is 0 Å². The van der Waals surface area contributed by atoms with Gasteiger partial charge in [0.25, 0.3) is 0 Å². The molecule has 0 aliphatic rings. The standard InChI is InChI=1S/C7H17ClO2Si/c1-3-9-7(10-4-2)11-6-5-8/h7H,3-6,11H2,1-2H3. The average Bonchev–Trinajstić information content (AvgIpc) is 2.01. The highest BCUT2D eigenvalue weighted by Gasteiger charge is 2.06. The topological polar surface area (TPSA) is 18.5 Å². The fourth-order valence-corrected chi connectivity index (χ4v) is 2.59. The third kappa shape index (κ3) is 6.81. The Hall–Kier alpha value is 0.427. The molecule has 0 fully saturated rings. The third-order valence-corrected chi connectivity index (χ3v) is 3.70. The summed E-state index contributed by atoms with van der Waals surface area (Å²) in [6.45, 7) is 5.45. The molecule has 0 aromatic rings. The van der Waals surface area contributed by atoms with Crippen molar-refractivity contribution in [3.63, 3.8) is 0 Å². The molecule has 0 amide bonds. The van der Waals surface area contributed by atoms with Gasteiger partial charge in [-0.3, -0.25) is 0 Å². The van der Waals surface area contributed by atoms with Crippen molar-refractivity contribution in [2.75, 3.05) is 19.1 Å². The van der Waals surface area contributed by atoms with Gasteiger partial charge in [0, 0.05) is 19.1 Å².